The van der Waals surface area contributed by atoms with Gasteiger partial charge in [-0.3, -0.25) is 4.79 Å². The summed E-state index contributed by atoms with van der Waals surface area (Å²) in [6.45, 7) is 0.648. The normalized spacial score (nSPS) is 19.4. The Bertz CT molecular complexity index is 472. The summed E-state index contributed by atoms with van der Waals surface area (Å²) in [5, 5.41) is 8.89. The van der Waals surface area contributed by atoms with Gasteiger partial charge in [-0.2, -0.15) is 11.8 Å². The average Bonchev–Trinajstić information content (AvgIpc) is 2.87. The Labute approximate surface area is 114 Å². The van der Waals surface area contributed by atoms with Crippen molar-refractivity contribution in [1.29, 1.82) is 0 Å². The van der Waals surface area contributed by atoms with E-state index in [-0.39, 0.29) is 24.8 Å². The predicted molar refractivity (Wildman–Crippen MR) is 69.2 cm³/mol. The van der Waals surface area contributed by atoms with Crippen LogP contribution in [0.15, 0.2) is 16.5 Å². The second-order valence-electron chi connectivity index (χ2n) is 4.15. The smallest absolute Gasteiger partial charge is 0.334 e. The fourth-order valence-electron chi connectivity index (χ4n) is 1.85. The second kappa shape index (κ2) is 6.12. The van der Waals surface area contributed by atoms with E-state index in [0.717, 1.165) is 5.76 Å². The summed E-state index contributed by atoms with van der Waals surface area (Å²) in [4.78, 5) is 24.5. The molecule has 7 heteroatoms. The standard InChI is InChI=1S/C12H15NO5S/c1-19-7-8-2-3-9(18-8)11(14)13-4-5-17-10(6-13)12(15)16/h2-3,10H,4-7H2,1H3,(H,15,16). The van der Waals surface area contributed by atoms with E-state index in [2.05, 4.69) is 0 Å². The van der Waals surface area contributed by atoms with Crippen molar-refractivity contribution in [2.24, 2.45) is 0 Å². The van der Waals surface area contributed by atoms with Crippen LogP contribution in [0.5, 0.6) is 0 Å². The lowest BCUT2D eigenvalue weighted by Crippen LogP contribution is -2.48. The maximum atomic E-state index is 12.2. The molecule has 19 heavy (non-hydrogen) atoms. The van der Waals surface area contributed by atoms with Crippen LogP contribution in [0.2, 0.25) is 0 Å². The summed E-state index contributed by atoms with van der Waals surface area (Å²) in [6, 6.07) is 3.39. The Kier molecular flexibility index (Phi) is 4.49. The van der Waals surface area contributed by atoms with Crippen molar-refractivity contribution < 1.29 is 23.8 Å². The molecule has 0 bridgehead atoms. The minimum atomic E-state index is -1.06. The Balaban J connectivity index is 2.03. The number of carboxylic acid groups (broad SMARTS) is 1. The molecular formula is C12H15NO5S. The highest BCUT2D eigenvalue weighted by atomic mass is 32.2. The van der Waals surface area contributed by atoms with Gasteiger partial charge in [-0.1, -0.05) is 0 Å². The number of carboxylic acids is 1. The number of furan rings is 1. The van der Waals surface area contributed by atoms with Crippen molar-refractivity contribution in [3.63, 3.8) is 0 Å². The van der Waals surface area contributed by atoms with Crippen LogP contribution < -0.4 is 0 Å². The first-order valence-electron chi connectivity index (χ1n) is 5.83. The predicted octanol–water partition coefficient (Wildman–Crippen LogP) is 1.07. The maximum Gasteiger partial charge on any atom is 0.334 e. The lowest BCUT2D eigenvalue weighted by molar-refractivity contribution is -0.154. The van der Waals surface area contributed by atoms with Crippen LogP contribution >= 0.6 is 11.8 Å². The molecule has 104 valence electrons. The number of hydrogen-bond acceptors (Lipinski definition) is 5. The zero-order valence-corrected chi connectivity index (χ0v) is 11.3. The van der Waals surface area contributed by atoms with Crippen LogP contribution in [0, 0.1) is 0 Å². The van der Waals surface area contributed by atoms with E-state index in [1.54, 1.807) is 23.9 Å². The van der Waals surface area contributed by atoms with Gasteiger partial charge >= 0.3 is 5.97 Å². The molecule has 2 rings (SSSR count). The van der Waals surface area contributed by atoms with E-state index >= 15 is 0 Å². The average molecular weight is 285 g/mol. The summed E-state index contributed by atoms with van der Waals surface area (Å²) in [5.41, 5.74) is 0. The van der Waals surface area contributed by atoms with Gasteiger partial charge in [-0.25, -0.2) is 4.79 Å². The molecule has 1 unspecified atom stereocenters. The number of ether oxygens (including phenoxy) is 1. The molecule has 1 aliphatic heterocycles. The van der Waals surface area contributed by atoms with Crippen LogP contribution in [0.1, 0.15) is 16.3 Å². The third-order valence-electron chi connectivity index (χ3n) is 2.79. The van der Waals surface area contributed by atoms with Crippen molar-refractivity contribution in [3.05, 3.63) is 23.7 Å². The summed E-state index contributed by atoms with van der Waals surface area (Å²) < 4.78 is 10.5. The Morgan fingerprint density at radius 3 is 3.00 bits per heavy atom. The van der Waals surface area contributed by atoms with Crippen LogP contribution in [0.25, 0.3) is 0 Å². The molecule has 0 aliphatic carbocycles. The van der Waals surface area contributed by atoms with E-state index < -0.39 is 12.1 Å². The fourth-order valence-corrected chi connectivity index (χ4v) is 2.29. The molecule has 1 aromatic rings. The molecule has 1 aromatic heterocycles. The van der Waals surface area contributed by atoms with E-state index in [1.807, 2.05) is 6.26 Å². The summed E-state index contributed by atoms with van der Waals surface area (Å²) >= 11 is 1.60. The Morgan fingerprint density at radius 2 is 2.32 bits per heavy atom. The Hall–Kier alpha value is -1.47. The van der Waals surface area contributed by atoms with Gasteiger partial charge in [-0.15, -0.1) is 0 Å². The van der Waals surface area contributed by atoms with Gasteiger partial charge in [0.1, 0.15) is 5.76 Å². The molecule has 1 amide bonds. The quantitative estimate of drug-likeness (QED) is 0.891. The number of morpholine rings is 1. The zero-order valence-electron chi connectivity index (χ0n) is 10.5. The van der Waals surface area contributed by atoms with Crippen LogP contribution in [0.3, 0.4) is 0 Å². The third-order valence-corrected chi connectivity index (χ3v) is 3.36. The summed E-state index contributed by atoms with van der Waals surface area (Å²) in [5.74, 6) is 0.338. The first kappa shape index (κ1) is 14.0. The van der Waals surface area contributed by atoms with Crippen molar-refractivity contribution in [1.82, 2.24) is 4.90 Å². The first-order chi connectivity index (χ1) is 9.11. The highest BCUT2D eigenvalue weighted by molar-refractivity contribution is 7.97. The number of carbonyl (C=O) groups is 2. The maximum absolute atomic E-state index is 12.2. The lowest BCUT2D eigenvalue weighted by Gasteiger charge is -2.30. The molecule has 2 heterocycles. The first-order valence-corrected chi connectivity index (χ1v) is 7.22. The Morgan fingerprint density at radius 1 is 1.53 bits per heavy atom. The molecule has 1 fully saturated rings. The molecule has 0 aromatic carbocycles. The number of amides is 1. The van der Waals surface area contributed by atoms with Crippen molar-refractivity contribution in [3.8, 4) is 0 Å². The van der Waals surface area contributed by atoms with Gasteiger partial charge in [0.15, 0.2) is 11.9 Å². The molecule has 6 nitrogen and oxygen atoms in total. The highest BCUT2D eigenvalue weighted by Gasteiger charge is 2.30. The van der Waals surface area contributed by atoms with Gasteiger partial charge < -0.3 is 19.2 Å². The minimum absolute atomic E-state index is 0.0483. The zero-order chi connectivity index (χ0) is 13.8. The molecule has 1 saturated heterocycles. The van der Waals surface area contributed by atoms with E-state index in [9.17, 15) is 9.59 Å². The van der Waals surface area contributed by atoms with Gasteiger partial charge in [0, 0.05) is 6.54 Å². The van der Waals surface area contributed by atoms with Gasteiger partial charge in [0.2, 0.25) is 0 Å². The van der Waals surface area contributed by atoms with E-state index in [4.69, 9.17) is 14.3 Å². The van der Waals surface area contributed by atoms with Crippen LogP contribution in [-0.4, -0.2) is 53.9 Å². The monoisotopic (exact) mass is 285 g/mol. The third kappa shape index (κ3) is 3.30. The number of rotatable bonds is 4. The lowest BCUT2D eigenvalue weighted by atomic mass is 10.2. The number of nitrogens with zero attached hydrogens (tertiary/aromatic N) is 1. The fraction of sp³-hybridized carbons (Fsp3) is 0.500. The number of thioether (sulfide) groups is 1. The van der Waals surface area contributed by atoms with Gasteiger partial charge in [-0.05, 0) is 18.4 Å². The van der Waals surface area contributed by atoms with E-state index in [0.29, 0.717) is 12.3 Å². The summed E-state index contributed by atoms with van der Waals surface area (Å²) in [6.07, 6.45) is 0.988. The number of carbonyl (C=O) groups excluding carboxylic acids is 1. The topological polar surface area (TPSA) is 80.0 Å². The highest BCUT2D eigenvalue weighted by Crippen LogP contribution is 2.16. The second-order valence-corrected chi connectivity index (χ2v) is 5.01. The van der Waals surface area contributed by atoms with Crippen LogP contribution in [0.4, 0.5) is 0 Å². The molecule has 1 atom stereocenters. The molecule has 1 N–H and O–H groups in total. The van der Waals surface area contributed by atoms with Gasteiger partial charge in [0.25, 0.3) is 5.91 Å². The van der Waals surface area contributed by atoms with Crippen molar-refractivity contribution >= 4 is 23.6 Å². The van der Waals surface area contributed by atoms with Crippen LogP contribution in [-0.2, 0) is 15.3 Å². The molecular weight excluding hydrogens is 270 g/mol. The SMILES string of the molecule is CSCc1ccc(C(=O)N2CCOC(C(=O)O)C2)o1. The number of aliphatic carboxylic acids is 1. The molecule has 1 aliphatic rings. The van der Waals surface area contributed by atoms with E-state index in [1.165, 1.54) is 4.90 Å². The van der Waals surface area contributed by atoms with Crippen molar-refractivity contribution in [2.45, 2.75) is 11.9 Å². The number of hydrogen-bond donors (Lipinski definition) is 1. The molecule has 0 radical (unpaired) electrons. The van der Waals surface area contributed by atoms with Crippen molar-refractivity contribution in [2.75, 3.05) is 26.0 Å². The molecule has 0 spiro atoms. The largest absolute Gasteiger partial charge is 0.479 e. The van der Waals surface area contributed by atoms with Gasteiger partial charge in [0.05, 0.1) is 18.9 Å². The minimum Gasteiger partial charge on any atom is -0.479 e. The molecule has 0 saturated carbocycles. The summed E-state index contributed by atoms with van der Waals surface area (Å²) in [7, 11) is 0.